The van der Waals surface area contributed by atoms with Gasteiger partial charge in [-0.1, -0.05) is 60.2 Å². The fourth-order valence-electron chi connectivity index (χ4n) is 2.58. The molecule has 0 aliphatic carbocycles. The van der Waals surface area contributed by atoms with Crippen molar-refractivity contribution in [2.24, 2.45) is 0 Å². The van der Waals surface area contributed by atoms with Crippen LogP contribution in [0.3, 0.4) is 0 Å². The van der Waals surface area contributed by atoms with Crippen LogP contribution in [0, 0.1) is 6.92 Å². The fraction of sp³-hybridized carbons (Fsp3) is 0.143. The molecule has 3 aromatic rings. The van der Waals surface area contributed by atoms with Gasteiger partial charge in [0, 0.05) is 18.4 Å². The first-order valence-corrected chi connectivity index (χ1v) is 7.65. The molecule has 0 amide bonds. The summed E-state index contributed by atoms with van der Waals surface area (Å²) >= 11 is 0. The molecular weight excluding hydrogens is 266 g/mol. The Hall–Kier alpha value is -2.54. The van der Waals surface area contributed by atoms with Crippen LogP contribution < -0.4 is 4.90 Å². The number of hydrogen-bond acceptors (Lipinski definition) is 1. The predicted octanol–water partition coefficient (Wildman–Crippen LogP) is 5.35. The van der Waals surface area contributed by atoms with Crippen LogP contribution >= 0.6 is 0 Å². The molecule has 3 aromatic carbocycles. The van der Waals surface area contributed by atoms with Gasteiger partial charge in [0.05, 0.1) is 0 Å². The number of hydrogen-bond donors (Lipinski definition) is 0. The molecule has 0 saturated carbocycles. The van der Waals surface area contributed by atoms with Crippen LogP contribution in [0.15, 0.2) is 78.9 Å². The topological polar surface area (TPSA) is 3.24 Å². The van der Waals surface area contributed by atoms with Crippen molar-refractivity contribution in [3.63, 3.8) is 0 Å². The van der Waals surface area contributed by atoms with E-state index in [1.165, 1.54) is 28.1 Å². The van der Waals surface area contributed by atoms with Crippen LogP contribution in [0.1, 0.15) is 16.7 Å². The van der Waals surface area contributed by atoms with Gasteiger partial charge in [0.15, 0.2) is 0 Å². The molecule has 0 aromatic heterocycles. The molecular formula is C21H21N. The number of rotatable bonds is 4. The Morgan fingerprint density at radius 3 is 1.73 bits per heavy atom. The van der Waals surface area contributed by atoms with Crippen LogP contribution in [0.4, 0.5) is 11.4 Å². The molecule has 0 radical (unpaired) electrons. The first-order chi connectivity index (χ1) is 10.7. The summed E-state index contributed by atoms with van der Waals surface area (Å²) in [6.07, 6.45) is 0.982. The van der Waals surface area contributed by atoms with Gasteiger partial charge in [0.2, 0.25) is 0 Å². The zero-order valence-corrected chi connectivity index (χ0v) is 13.2. The zero-order valence-electron chi connectivity index (χ0n) is 13.2. The highest BCUT2D eigenvalue weighted by atomic mass is 15.1. The van der Waals surface area contributed by atoms with Gasteiger partial charge in [-0.3, -0.25) is 0 Å². The van der Waals surface area contributed by atoms with Gasteiger partial charge in [-0.25, -0.2) is 0 Å². The summed E-state index contributed by atoms with van der Waals surface area (Å²) in [6.45, 7) is 2.12. The fourth-order valence-corrected chi connectivity index (χ4v) is 2.58. The average molecular weight is 287 g/mol. The molecule has 0 aliphatic heterocycles. The summed E-state index contributed by atoms with van der Waals surface area (Å²) < 4.78 is 0. The Kier molecular flexibility index (Phi) is 4.24. The number of benzene rings is 3. The minimum atomic E-state index is 0.982. The Morgan fingerprint density at radius 1 is 0.636 bits per heavy atom. The molecule has 3 rings (SSSR count). The highest BCUT2D eigenvalue weighted by Crippen LogP contribution is 2.23. The lowest BCUT2D eigenvalue weighted by Gasteiger charge is -2.19. The first-order valence-electron chi connectivity index (χ1n) is 7.65. The van der Waals surface area contributed by atoms with Crippen molar-refractivity contribution in [1.29, 1.82) is 0 Å². The summed E-state index contributed by atoms with van der Waals surface area (Å²) in [4.78, 5) is 2.20. The van der Waals surface area contributed by atoms with Crippen molar-refractivity contribution in [1.82, 2.24) is 0 Å². The maximum atomic E-state index is 2.22. The van der Waals surface area contributed by atoms with E-state index >= 15 is 0 Å². The Bertz CT molecular complexity index is 712. The minimum Gasteiger partial charge on any atom is -0.345 e. The smallest absolute Gasteiger partial charge is 0.0408 e. The molecule has 0 atom stereocenters. The van der Waals surface area contributed by atoms with Crippen molar-refractivity contribution in [2.45, 2.75) is 13.3 Å². The van der Waals surface area contributed by atoms with Crippen LogP contribution in [-0.2, 0) is 6.42 Å². The van der Waals surface area contributed by atoms with E-state index in [2.05, 4.69) is 91.7 Å². The number of aryl methyl sites for hydroxylation is 1. The molecule has 1 heteroatoms. The molecule has 1 nitrogen and oxygen atoms in total. The highest BCUT2D eigenvalue weighted by molar-refractivity contribution is 5.62. The molecule has 110 valence electrons. The maximum absolute atomic E-state index is 2.22. The van der Waals surface area contributed by atoms with E-state index in [1.54, 1.807) is 0 Å². The zero-order chi connectivity index (χ0) is 15.4. The van der Waals surface area contributed by atoms with Crippen molar-refractivity contribution in [2.75, 3.05) is 11.9 Å². The summed E-state index contributed by atoms with van der Waals surface area (Å²) in [5.41, 5.74) is 6.42. The molecule has 0 bridgehead atoms. The van der Waals surface area contributed by atoms with Gasteiger partial charge in [-0.2, -0.15) is 0 Å². The molecule has 0 N–H and O–H groups in total. The van der Waals surface area contributed by atoms with Crippen LogP contribution in [0.2, 0.25) is 0 Å². The van der Waals surface area contributed by atoms with Crippen LogP contribution in [0.5, 0.6) is 0 Å². The van der Waals surface area contributed by atoms with E-state index < -0.39 is 0 Å². The van der Waals surface area contributed by atoms with Gasteiger partial charge in [-0.15, -0.1) is 0 Å². The van der Waals surface area contributed by atoms with E-state index in [1.807, 2.05) is 6.07 Å². The number of nitrogens with zero attached hydrogens (tertiary/aromatic N) is 1. The summed E-state index contributed by atoms with van der Waals surface area (Å²) in [5.74, 6) is 0. The quantitative estimate of drug-likeness (QED) is 0.625. The van der Waals surface area contributed by atoms with Gasteiger partial charge in [0.1, 0.15) is 0 Å². The lowest BCUT2D eigenvalue weighted by Crippen LogP contribution is -2.08. The predicted molar refractivity (Wildman–Crippen MR) is 94.9 cm³/mol. The Labute approximate surface area is 132 Å². The van der Waals surface area contributed by atoms with E-state index in [4.69, 9.17) is 0 Å². The SMILES string of the molecule is Cc1ccc(Cc2ccc(N(C)c3ccccc3)cc2)cc1. The molecule has 0 spiro atoms. The lowest BCUT2D eigenvalue weighted by atomic mass is 10.0. The van der Waals surface area contributed by atoms with E-state index in [0.717, 1.165) is 6.42 Å². The van der Waals surface area contributed by atoms with Gasteiger partial charge >= 0.3 is 0 Å². The molecule has 22 heavy (non-hydrogen) atoms. The average Bonchev–Trinajstić information content (AvgIpc) is 2.58. The molecule has 0 heterocycles. The molecule has 0 fully saturated rings. The Balaban J connectivity index is 1.74. The second kappa shape index (κ2) is 6.48. The number of para-hydroxylation sites is 1. The van der Waals surface area contributed by atoms with Gasteiger partial charge in [-0.05, 0) is 48.7 Å². The summed E-state index contributed by atoms with van der Waals surface area (Å²) in [6, 6.07) is 28.0. The highest BCUT2D eigenvalue weighted by Gasteiger charge is 2.03. The summed E-state index contributed by atoms with van der Waals surface area (Å²) in [7, 11) is 2.10. The summed E-state index contributed by atoms with van der Waals surface area (Å²) in [5, 5.41) is 0. The minimum absolute atomic E-state index is 0.982. The largest absolute Gasteiger partial charge is 0.345 e. The third kappa shape index (κ3) is 3.37. The molecule has 0 unspecified atom stereocenters. The van der Waals surface area contributed by atoms with Crippen LogP contribution in [0.25, 0.3) is 0 Å². The first kappa shape index (κ1) is 14.4. The van der Waals surface area contributed by atoms with Gasteiger partial charge < -0.3 is 4.90 Å². The second-order valence-corrected chi connectivity index (χ2v) is 5.72. The standard InChI is InChI=1S/C21H21N/c1-17-8-10-18(11-9-17)16-19-12-14-21(15-13-19)22(2)20-6-4-3-5-7-20/h3-15H,16H2,1-2H3. The molecule has 0 saturated heterocycles. The normalized spacial score (nSPS) is 10.5. The Morgan fingerprint density at radius 2 is 1.14 bits per heavy atom. The molecule has 0 aliphatic rings. The van der Waals surface area contributed by atoms with Crippen molar-refractivity contribution < 1.29 is 0 Å². The number of anilines is 2. The van der Waals surface area contributed by atoms with E-state index in [9.17, 15) is 0 Å². The maximum Gasteiger partial charge on any atom is 0.0408 e. The monoisotopic (exact) mass is 287 g/mol. The third-order valence-corrected chi connectivity index (χ3v) is 4.00. The van der Waals surface area contributed by atoms with Crippen LogP contribution in [-0.4, -0.2) is 7.05 Å². The van der Waals surface area contributed by atoms with Gasteiger partial charge in [0.25, 0.3) is 0 Å². The van der Waals surface area contributed by atoms with Crippen molar-refractivity contribution >= 4 is 11.4 Å². The van der Waals surface area contributed by atoms with Crippen molar-refractivity contribution in [3.05, 3.63) is 95.6 Å². The van der Waals surface area contributed by atoms with E-state index in [-0.39, 0.29) is 0 Å². The lowest BCUT2D eigenvalue weighted by molar-refractivity contribution is 1.16. The van der Waals surface area contributed by atoms with Crippen molar-refractivity contribution in [3.8, 4) is 0 Å². The van der Waals surface area contributed by atoms with E-state index in [0.29, 0.717) is 0 Å². The second-order valence-electron chi connectivity index (χ2n) is 5.72. The third-order valence-electron chi connectivity index (χ3n) is 4.00.